The van der Waals surface area contributed by atoms with Gasteiger partial charge in [-0.15, -0.1) is 0 Å². The van der Waals surface area contributed by atoms with Crippen molar-refractivity contribution in [2.24, 2.45) is 23.3 Å². The molecule has 2 aliphatic rings. The van der Waals surface area contributed by atoms with Crippen LogP contribution in [0.4, 0.5) is 16.2 Å². The number of aromatic nitrogens is 6. The third-order valence-electron chi connectivity index (χ3n) is 13.6. The Bertz CT molecular complexity index is 3150. The molecule has 6 aromatic heterocycles. The molecule has 2 fully saturated rings. The van der Waals surface area contributed by atoms with Gasteiger partial charge in [-0.1, -0.05) is 62.7 Å². The van der Waals surface area contributed by atoms with Gasteiger partial charge in [-0.05, 0) is 48.1 Å². The van der Waals surface area contributed by atoms with Gasteiger partial charge in [0, 0.05) is 99.5 Å². The number of benzene rings is 1. The van der Waals surface area contributed by atoms with Gasteiger partial charge in [-0.2, -0.15) is 10.2 Å². The van der Waals surface area contributed by atoms with Crippen LogP contribution in [0.15, 0.2) is 104 Å². The maximum Gasteiger partial charge on any atom is 0.410 e. The van der Waals surface area contributed by atoms with E-state index in [9.17, 15) is 24.0 Å². The molecule has 9 N–H and O–H groups in total. The molecular weight excluding hydrogens is 973 g/mol. The lowest BCUT2D eigenvalue weighted by Crippen LogP contribution is -2.33. The van der Waals surface area contributed by atoms with Crippen molar-refractivity contribution < 1.29 is 38.2 Å². The third kappa shape index (κ3) is 13.1. The summed E-state index contributed by atoms with van der Waals surface area (Å²) in [5.74, 6) is -0.935. The van der Waals surface area contributed by atoms with Crippen LogP contribution in [0, 0.1) is 11.8 Å². The van der Waals surface area contributed by atoms with Crippen molar-refractivity contribution in [3.8, 4) is 22.3 Å². The van der Waals surface area contributed by atoms with E-state index in [1.165, 1.54) is 26.6 Å². The number of carbonyl (C=O) groups excluding carboxylic acids is 5. The Morgan fingerprint density at radius 2 is 1.17 bits per heavy atom. The van der Waals surface area contributed by atoms with Gasteiger partial charge in [0.1, 0.15) is 19.8 Å². The molecule has 4 atom stereocenters. The highest BCUT2D eigenvalue weighted by molar-refractivity contribution is 6.03. The molecule has 2 saturated heterocycles. The summed E-state index contributed by atoms with van der Waals surface area (Å²) in [5, 5.41) is 24.8. The Morgan fingerprint density at radius 1 is 0.645 bits per heavy atom. The van der Waals surface area contributed by atoms with Crippen LogP contribution in [0.25, 0.3) is 33.3 Å². The molecule has 22 heteroatoms. The topological polar surface area (TPSA) is 289 Å². The Hall–Kier alpha value is -8.47. The minimum atomic E-state index is -0.605. The average Bonchev–Trinajstić information content (AvgIpc) is 4.30. The number of anilines is 2. The van der Waals surface area contributed by atoms with Crippen molar-refractivity contribution in [1.29, 1.82) is 0 Å². The maximum atomic E-state index is 12.9. The highest BCUT2D eigenvalue weighted by Gasteiger charge is 2.36. The van der Waals surface area contributed by atoms with E-state index in [0.29, 0.717) is 53.7 Å². The van der Waals surface area contributed by atoms with Gasteiger partial charge < -0.3 is 57.2 Å². The first-order valence-corrected chi connectivity index (χ1v) is 25.1. The molecule has 9 rings (SSSR count). The van der Waals surface area contributed by atoms with Gasteiger partial charge in [0.25, 0.3) is 11.8 Å². The number of fused-ring (bicyclic) bond motifs is 2. The van der Waals surface area contributed by atoms with E-state index >= 15 is 0 Å². The zero-order chi connectivity index (χ0) is 53.7. The summed E-state index contributed by atoms with van der Waals surface area (Å²) in [5.41, 5.74) is 20.6. The van der Waals surface area contributed by atoms with Crippen LogP contribution >= 0.6 is 0 Å². The summed E-state index contributed by atoms with van der Waals surface area (Å²) in [6, 6.07) is 21.1. The minimum absolute atomic E-state index is 0.0116. The van der Waals surface area contributed by atoms with E-state index in [1.807, 2.05) is 79.1 Å². The number of pyridine rings is 2. The normalized spacial score (nSPS) is 17.0. The van der Waals surface area contributed by atoms with Gasteiger partial charge in [0.2, 0.25) is 11.8 Å². The number of nitrogens with two attached hydrogens (primary N) is 2. The molecule has 398 valence electrons. The van der Waals surface area contributed by atoms with Gasteiger partial charge in [0.15, 0.2) is 0 Å². The summed E-state index contributed by atoms with van der Waals surface area (Å²) in [4.78, 5) is 71.3. The first-order chi connectivity index (χ1) is 36.8. The second kappa shape index (κ2) is 25.2. The van der Waals surface area contributed by atoms with Gasteiger partial charge in [-0.3, -0.25) is 29.1 Å². The second-order valence-electron chi connectivity index (χ2n) is 18.6. The lowest BCUT2D eigenvalue weighted by atomic mass is 10.00. The lowest BCUT2D eigenvalue weighted by molar-refractivity contribution is -0.125. The Labute approximate surface area is 439 Å². The van der Waals surface area contributed by atoms with Crippen molar-refractivity contribution in [1.82, 2.24) is 50.0 Å². The highest BCUT2D eigenvalue weighted by atomic mass is 16.6. The van der Waals surface area contributed by atoms with E-state index in [-0.39, 0.29) is 67.8 Å². The summed E-state index contributed by atoms with van der Waals surface area (Å²) >= 11 is 0. The largest absolute Gasteiger partial charge is 0.445 e. The fourth-order valence-electron chi connectivity index (χ4n) is 9.36. The zero-order valence-corrected chi connectivity index (χ0v) is 43.0. The van der Waals surface area contributed by atoms with E-state index in [2.05, 4.69) is 60.6 Å². The number of hydrogen-bond donors (Lipinski definition) is 7. The highest BCUT2D eigenvalue weighted by Crippen LogP contribution is 2.33. The average molecular weight is 1040 g/mol. The van der Waals surface area contributed by atoms with Crippen molar-refractivity contribution in [2.75, 3.05) is 64.2 Å². The Balaban J connectivity index is 0.000000209. The van der Waals surface area contributed by atoms with E-state index in [0.717, 1.165) is 65.0 Å². The van der Waals surface area contributed by atoms with Crippen molar-refractivity contribution in [3.05, 3.63) is 132 Å². The summed E-state index contributed by atoms with van der Waals surface area (Å²) < 4.78 is 18.6. The quantitative estimate of drug-likeness (QED) is 0.0558. The zero-order valence-electron chi connectivity index (χ0n) is 43.0. The predicted octanol–water partition coefficient (Wildman–Crippen LogP) is 4.38. The van der Waals surface area contributed by atoms with Crippen LogP contribution in [-0.2, 0) is 43.5 Å². The number of rotatable bonds is 20. The molecule has 8 heterocycles. The van der Waals surface area contributed by atoms with Crippen molar-refractivity contribution in [3.63, 3.8) is 0 Å². The lowest BCUT2D eigenvalue weighted by Gasteiger charge is -2.21. The smallest absolute Gasteiger partial charge is 0.410 e. The molecule has 0 unspecified atom stereocenters. The van der Waals surface area contributed by atoms with Crippen LogP contribution in [0.3, 0.4) is 0 Å². The minimum Gasteiger partial charge on any atom is -0.445 e. The van der Waals surface area contributed by atoms with E-state index in [1.54, 1.807) is 26.3 Å². The first kappa shape index (κ1) is 53.8. The number of hydrogen-bond acceptors (Lipinski definition) is 15. The van der Waals surface area contributed by atoms with Gasteiger partial charge in [-0.25, -0.2) is 13.8 Å². The molecule has 0 radical (unpaired) electrons. The molecular formula is C54H64N14O8. The number of amides is 5. The number of primary amides is 2. The fraction of sp³-hybridized carbons (Fsp3) is 0.352. The Kier molecular flexibility index (Phi) is 17.8. The Morgan fingerprint density at radius 3 is 1.64 bits per heavy atom. The van der Waals surface area contributed by atoms with Crippen LogP contribution in [0.2, 0.25) is 0 Å². The molecule has 5 amide bonds. The first-order valence-electron chi connectivity index (χ1n) is 25.1. The third-order valence-corrected chi connectivity index (χ3v) is 13.6. The number of methoxy groups -OCH3 is 2. The number of nitrogens with zero attached hydrogens (tertiary/aromatic N) is 7. The standard InChI is InChI=1S/C31H35N7O5.C23H29N7O3/c1-3-21-15-37(31(41)43-18-20-7-5-4-6-8-20)17-26(21)36-29-25(30(32)40)14-35-38-16-23(11-27(29)38)22-9-10-24(33-12-22)13-34-28(39)19-42-2;1-3-14-7-25-11-19(14)29-22-18(23(24)32)10-28-30-12-16(6-20(22)30)15-4-5-17(26-8-15)9-27-21(31)13-33-2/h4-12,14,16,21,26,36H,3,13,15,17-19H2,1-2H3,(H2,32,40)(H,34,39);4-6,8,10,12,14,19,25,29H,3,7,9,11,13H2,1-2H3,(H2,24,32)(H,27,31)/t21-,26+;14-,19+/m00/s1. The molecule has 76 heavy (non-hydrogen) atoms. The second-order valence-corrected chi connectivity index (χ2v) is 18.6. The van der Waals surface area contributed by atoms with Crippen LogP contribution < -0.4 is 38.1 Å². The number of ether oxygens (including phenoxy) is 3. The molecule has 0 bridgehead atoms. The molecule has 0 saturated carbocycles. The molecule has 7 aromatic rings. The predicted molar refractivity (Wildman–Crippen MR) is 285 cm³/mol. The number of nitrogens with one attached hydrogen (secondary N) is 5. The molecule has 1 aromatic carbocycles. The fourth-order valence-corrected chi connectivity index (χ4v) is 9.36. The van der Waals surface area contributed by atoms with Gasteiger partial charge in [0.05, 0.1) is 70.4 Å². The monoisotopic (exact) mass is 1040 g/mol. The van der Waals surface area contributed by atoms with Gasteiger partial charge >= 0.3 is 6.09 Å². The summed E-state index contributed by atoms with van der Waals surface area (Å²) in [7, 11) is 2.94. The maximum absolute atomic E-state index is 12.9. The molecule has 22 nitrogen and oxygen atoms in total. The molecule has 0 spiro atoms. The van der Waals surface area contributed by atoms with Crippen LogP contribution in [-0.4, -0.2) is 130 Å². The van der Waals surface area contributed by atoms with E-state index in [4.69, 9.17) is 25.7 Å². The summed E-state index contributed by atoms with van der Waals surface area (Å²) in [6.07, 6.45) is 11.7. The van der Waals surface area contributed by atoms with Crippen LogP contribution in [0.5, 0.6) is 0 Å². The summed E-state index contributed by atoms with van der Waals surface area (Å²) in [6.45, 7) is 7.77. The van der Waals surface area contributed by atoms with Crippen LogP contribution in [0.1, 0.15) is 64.4 Å². The van der Waals surface area contributed by atoms with E-state index < -0.39 is 11.8 Å². The SMILES string of the molecule is CC[C@H]1CN(C(=O)OCc2ccccc2)C[C@H]1Nc1c(C(N)=O)cnn2cc(-c3ccc(CNC(=O)COC)nc3)cc12.CC[C@H]1CNC[C@H]1Nc1c(C(N)=O)cnn2cc(-c3ccc(CNC(=O)COC)nc3)cc12. The number of carbonyl (C=O) groups is 5. The van der Waals surface area contributed by atoms with Crippen molar-refractivity contribution >= 4 is 52.1 Å². The van der Waals surface area contributed by atoms with Crippen molar-refractivity contribution in [2.45, 2.75) is 58.5 Å². The molecule has 2 aliphatic heterocycles. The number of likely N-dealkylation sites (tertiary alicyclic amines) is 1. The molecule has 0 aliphatic carbocycles.